The van der Waals surface area contributed by atoms with E-state index in [9.17, 15) is 4.79 Å². The average Bonchev–Trinajstić information content (AvgIpc) is 2.23. The maximum Gasteiger partial charge on any atom is 0.352 e. The van der Waals surface area contributed by atoms with E-state index in [1.54, 1.807) is 6.20 Å². The number of nitrogens with two attached hydrogens (primary N) is 1. The number of rotatable bonds is 1. The summed E-state index contributed by atoms with van der Waals surface area (Å²) in [5.74, 6) is 0. The molecule has 2 N–H and O–H groups in total. The molecule has 0 aliphatic heterocycles. The summed E-state index contributed by atoms with van der Waals surface area (Å²) in [6.07, 6.45) is 2.92. The highest BCUT2D eigenvalue weighted by molar-refractivity contribution is 5.38. The van der Waals surface area contributed by atoms with E-state index in [0.29, 0.717) is 5.69 Å². The van der Waals surface area contributed by atoms with E-state index in [2.05, 4.69) is 4.98 Å². The minimum absolute atomic E-state index is 0.326. The van der Waals surface area contributed by atoms with Crippen LogP contribution in [0.25, 0.3) is 5.69 Å². The Morgan fingerprint density at radius 3 is 2.60 bits per heavy atom. The predicted octanol–water partition coefficient (Wildman–Crippen LogP) is 1.12. The van der Waals surface area contributed by atoms with E-state index in [-0.39, 0.29) is 5.69 Å². The van der Waals surface area contributed by atoms with Crippen molar-refractivity contribution in [2.75, 3.05) is 5.73 Å². The summed E-state index contributed by atoms with van der Waals surface area (Å²) in [6, 6.07) is 7.59. The van der Waals surface area contributed by atoms with Gasteiger partial charge >= 0.3 is 5.69 Å². The first kappa shape index (κ1) is 9.45. The Morgan fingerprint density at radius 1 is 1.27 bits per heavy atom. The number of hydrogen-bond acceptors (Lipinski definition) is 3. The second kappa shape index (κ2) is 3.57. The summed E-state index contributed by atoms with van der Waals surface area (Å²) in [5, 5.41) is 0. The van der Waals surface area contributed by atoms with Gasteiger partial charge in [0.1, 0.15) is 0 Å². The lowest BCUT2D eigenvalue weighted by Gasteiger charge is -2.05. The number of nitrogens with zero attached hydrogens (tertiary/aromatic N) is 2. The zero-order valence-electron chi connectivity index (χ0n) is 8.34. The van der Waals surface area contributed by atoms with E-state index in [1.807, 2.05) is 31.2 Å². The van der Waals surface area contributed by atoms with Crippen molar-refractivity contribution in [1.29, 1.82) is 0 Å². The summed E-state index contributed by atoms with van der Waals surface area (Å²) in [7, 11) is 0. The molecule has 0 fully saturated rings. The van der Waals surface area contributed by atoms with Gasteiger partial charge < -0.3 is 5.73 Å². The van der Waals surface area contributed by atoms with E-state index in [1.165, 1.54) is 10.8 Å². The molecule has 2 rings (SSSR count). The van der Waals surface area contributed by atoms with Crippen LogP contribution in [-0.4, -0.2) is 9.55 Å². The van der Waals surface area contributed by atoms with Crippen LogP contribution >= 0.6 is 0 Å². The average molecular weight is 201 g/mol. The monoisotopic (exact) mass is 201 g/mol. The van der Waals surface area contributed by atoms with Gasteiger partial charge in [-0.15, -0.1) is 0 Å². The zero-order valence-corrected chi connectivity index (χ0v) is 8.34. The topological polar surface area (TPSA) is 60.9 Å². The Kier molecular flexibility index (Phi) is 2.25. The summed E-state index contributed by atoms with van der Waals surface area (Å²) >= 11 is 0. The van der Waals surface area contributed by atoms with E-state index < -0.39 is 0 Å². The van der Waals surface area contributed by atoms with Crippen molar-refractivity contribution in [3.8, 4) is 5.69 Å². The van der Waals surface area contributed by atoms with Gasteiger partial charge in [0.15, 0.2) is 0 Å². The number of benzene rings is 1. The van der Waals surface area contributed by atoms with Crippen molar-refractivity contribution in [3.05, 3.63) is 52.7 Å². The SMILES string of the molecule is Cc1ccc(-n2cc(N)cnc2=O)cc1. The molecule has 2 aromatic rings. The second-order valence-corrected chi connectivity index (χ2v) is 3.38. The maximum absolute atomic E-state index is 11.5. The van der Waals surface area contributed by atoms with Crippen LogP contribution in [-0.2, 0) is 0 Å². The highest BCUT2D eigenvalue weighted by atomic mass is 16.1. The van der Waals surface area contributed by atoms with E-state index in [4.69, 9.17) is 5.73 Å². The first-order valence-corrected chi connectivity index (χ1v) is 4.58. The minimum Gasteiger partial charge on any atom is -0.396 e. The van der Waals surface area contributed by atoms with Gasteiger partial charge in [-0.05, 0) is 19.1 Å². The van der Waals surface area contributed by atoms with Crippen LogP contribution in [0.5, 0.6) is 0 Å². The summed E-state index contributed by atoms with van der Waals surface area (Å²) in [6.45, 7) is 1.99. The highest BCUT2D eigenvalue weighted by Crippen LogP contribution is 2.07. The number of hydrogen-bond donors (Lipinski definition) is 1. The number of aryl methyl sites for hydroxylation is 1. The molecule has 0 atom stereocenters. The normalized spacial score (nSPS) is 10.2. The molecule has 0 aliphatic rings. The Labute approximate surface area is 87.0 Å². The molecule has 76 valence electrons. The lowest BCUT2D eigenvalue weighted by molar-refractivity contribution is 0.917. The third-order valence-corrected chi connectivity index (χ3v) is 2.12. The van der Waals surface area contributed by atoms with Crippen molar-refractivity contribution in [2.45, 2.75) is 6.92 Å². The Balaban J connectivity index is 2.58. The van der Waals surface area contributed by atoms with Gasteiger partial charge in [-0.25, -0.2) is 4.79 Å². The molecule has 0 bridgehead atoms. The standard InChI is InChI=1S/C11H11N3O/c1-8-2-4-10(5-3-8)14-7-9(12)6-13-11(14)15/h2-7H,12H2,1H3. The van der Waals surface area contributed by atoms with Crippen LogP contribution in [0.15, 0.2) is 41.5 Å². The third-order valence-electron chi connectivity index (χ3n) is 2.12. The smallest absolute Gasteiger partial charge is 0.352 e. The predicted molar refractivity (Wildman–Crippen MR) is 59.0 cm³/mol. The van der Waals surface area contributed by atoms with Crippen LogP contribution in [0.4, 0.5) is 5.69 Å². The highest BCUT2D eigenvalue weighted by Gasteiger charge is 2.00. The summed E-state index contributed by atoms with van der Waals surface area (Å²) in [5.41, 5.74) is 7.63. The van der Waals surface area contributed by atoms with Crippen molar-refractivity contribution in [1.82, 2.24) is 9.55 Å². The molecule has 15 heavy (non-hydrogen) atoms. The van der Waals surface area contributed by atoms with Crippen LogP contribution in [0.1, 0.15) is 5.56 Å². The largest absolute Gasteiger partial charge is 0.396 e. The van der Waals surface area contributed by atoms with Gasteiger partial charge in [0.2, 0.25) is 0 Å². The number of anilines is 1. The molecule has 0 unspecified atom stereocenters. The molecule has 1 aromatic heterocycles. The fourth-order valence-corrected chi connectivity index (χ4v) is 1.32. The Bertz CT molecular complexity index is 528. The molecule has 1 aromatic carbocycles. The van der Waals surface area contributed by atoms with Crippen molar-refractivity contribution in [3.63, 3.8) is 0 Å². The molecule has 0 spiro atoms. The van der Waals surface area contributed by atoms with Gasteiger partial charge in [-0.1, -0.05) is 17.7 Å². The molecule has 0 aliphatic carbocycles. The van der Waals surface area contributed by atoms with Gasteiger partial charge in [0, 0.05) is 6.20 Å². The summed E-state index contributed by atoms with van der Waals surface area (Å²) in [4.78, 5) is 15.1. The van der Waals surface area contributed by atoms with E-state index in [0.717, 1.165) is 11.3 Å². The van der Waals surface area contributed by atoms with Gasteiger partial charge in [0.05, 0.1) is 17.6 Å². The quantitative estimate of drug-likeness (QED) is 0.752. The number of aromatic nitrogens is 2. The molecule has 0 saturated heterocycles. The third kappa shape index (κ3) is 1.88. The Morgan fingerprint density at radius 2 is 1.93 bits per heavy atom. The van der Waals surface area contributed by atoms with E-state index >= 15 is 0 Å². The number of nitrogen functional groups attached to an aromatic ring is 1. The minimum atomic E-state index is -0.326. The molecule has 0 saturated carbocycles. The first-order chi connectivity index (χ1) is 7.16. The first-order valence-electron chi connectivity index (χ1n) is 4.58. The zero-order chi connectivity index (χ0) is 10.8. The second-order valence-electron chi connectivity index (χ2n) is 3.38. The van der Waals surface area contributed by atoms with Crippen LogP contribution in [0.3, 0.4) is 0 Å². The molecule has 1 heterocycles. The fourth-order valence-electron chi connectivity index (χ4n) is 1.32. The molecular formula is C11H11N3O. The fraction of sp³-hybridized carbons (Fsp3) is 0.0909. The van der Waals surface area contributed by atoms with Crippen molar-refractivity contribution in [2.24, 2.45) is 0 Å². The molecule has 4 nitrogen and oxygen atoms in total. The van der Waals surface area contributed by atoms with Gasteiger partial charge in [-0.2, -0.15) is 4.98 Å². The van der Waals surface area contributed by atoms with Gasteiger partial charge in [0.25, 0.3) is 0 Å². The van der Waals surface area contributed by atoms with Gasteiger partial charge in [-0.3, -0.25) is 4.57 Å². The van der Waals surface area contributed by atoms with Crippen LogP contribution in [0.2, 0.25) is 0 Å². The van der Waals surface area contributed by atoms with Crippen molar-refractivity contribution >= 4 is 5.69 Å². The Hall–Kier alpha value is -2.10. The maximum atomic E-state index is 11.5. The lowest BCUT2D eigenvalue weighted by Crippen LogP contribution is -2.20. The molecule has 0 amide bonds. The van der Waals surface area contributed by atoms with Crippen LogP contribution in [0, 0.1) is 6.92 Å². The molecular weight excluding hydrogens is 190 g/mol. The van der Waals surface area contributed by atoms with Crippen LogP contribution < -0.4 is 11.4 Å². The molecule has 4 heteroatoms. The molecule has 0 radical (unpaired) electrons. The summed E-state index contributed by atoms with van der Waals surface area (Å²) < 4.78 is 1.43. The van der Waals surface area contributed by atoms with Crippen molar-refractivity contribution < 1.29 is 0 Å². The lowest BCUT2D eigenvalue weighted by atomic mass is 10.2.